The average molecular weight is 525 g/mol. The maximum absolute atomic E-state index is 12.6. The number of nitrogens with one attached hydrogen (secondary N) is 1. The van der Waals surface area contributed by atoms with Gasteiger partial charge in [-0.3, -0.25) is 5.41 Å². The number of likely N-dealkylation sites (tertiary alicyclic amines) is 1. The van der Waals surface area contributed by atoms with E-state index in [4.69, 9.17) is 20.0 Å². The fourth-order valence-electron chi connectivity index (χ4n) is 4.91. The summed E-state index contributed by atoms with van der Waals surface area (Å²) in [4.78, 5) is 2.46. The van der Waals surface area contributed by atoms with Gasteiger partial charge < -0.3 is 18.8 Å². The number of halogens is 3. The number of benzene rings is 3. The van der Waals surface area contributed by atoms with E-state index in [1.165, 1.54) is 22.4 Å². The maximum atomic E-state index is 12.6. The van der Waals surface area contributed by atoms with Gasteiger partial charge in [0, 0.05) is 12.6 Å². The fourth-order valence-corrected chi connectivity index (χ4v) is 4.91. The van der Waals surface area contributed by atoms with Crippen molar-refractivity contribution in [2.24, 2.45) is 0 Å². The minimum absolute atomic E-state index is 0.169. The molecule has 1 saturated heterocycles. The van der Waals surface area contributed by atoms with Gasteiger partial charge >= 0.3 is 12.1 Å². The molecule has 1 aliphatic heterocycles. The number of rotatable bonds is 7. The van der Waals surface area contributed by atoms with Crippen molar-refractivity contribution in [2.75, 3.05) is 26.2 Å². The molecule has 5 rings (SSSR count). The number of ether oxygens (including phenoxy) is 2. The second kappa shape index (κ2) is 10.9. The van der Waals surface area contributed by atoms with Crippen molar-refractivity contribution in [1.29, 1.82) is 5.41 Å². The quantitative estimate of drug-likeness (QED) is 0.195. The van der Waals surface area contributed by atoms with Gasteiger partial charge in [0.15, 0.2) is 5.76 Å². The predicted molar refractivity (Wildman–Crippen MR) is 140 cm³/mol. The summed E-state index contributed by atoms with van der Waals surface area (Å²) in [5, 5.41) is 15.8. The Labute approximate surface area is 218 Å². The molecule has 3 N–H and O–H groups in total. The first-order valence-electron chi connectivity index (χ1n) is 12.6. The van der Waals surface area contributed by atoms with Gasteiger partial charge in [-0.05, 0) is 66.7 Å². The number of piperidine rings is 1. The van der Waals surface area contributed by atoms with E-state index in [1.807, 2.05) is 0 Å². The molecule has 1 aliphatic rings. The summed E-state index contributed by atoms with van der Waals surface area (Å²) in [6, 6.07) is 21.8. The Morgan fingerprint density at radius 3 is 2.53 bits per heavy atom. The normalized spacial score (nSPS) is 15.1. The van der Waals surface area contributed by atoms with Crippen molar-refractivity contribution in [3.63, 3.8) is 0 Å². The van der Waals surface area contributed by atoms with Gasteiger partial charge in [-0.15, -0.1) is 0 Å². The van der Waals surface area contributed by atoms with E-state index in [0.717, 1.165) is 38.9 Å². The van der Waals surface area contributed by atoms with Crippen LogP contribution in [0.5, 0.6) is 5.75 Å². The lowest BCUT2D eigenvalue weighted by molar-refractivity contribution is -0.191. The van der Waals surface area contributed by atoms with Gasteiger partial charge in [0.2, 0.25) is 0 Å². The summed E-state index contributed by atoms with van der Waals surface area (Å²) in [5.41, 5.74) is 1.80. The van der Waals surface area contributed by atoms with Crippen LogP contribution in [-0.4, -0.2) is 49.1 Å². The first-order chi connectivity index (χ1) is 18.3. The molecule has 0 spiro atoms. The first kappa shape index (κ1) is 25.8. The van der Waals surface area contributed by atoms with Gasteiger partial charge in [-0.1, -0.05) is 48.5 Å². The molecule has 0 bridgehead atoms. The molecule has 4 aromatic rings. The highest BCUT2D eigenvalue weighted by Crippen LogP contribution is 2.31. The summed E-state index contributed by atoms with van der Waals surface area (Å²) in [6.45, 7) is 3.48. The van der Waals surface area contributed by atoms with Gasteiger partial charge in [-0.25, -0.2) is 5.41 Å². The zero-order chi connectivity index (χ0) is 26.7. The highest BCUT2D eigenvalue weighted by molar-refractivity contribution is 6.01. The van der Waals surface area contributed by atoms with Crippen molar-refractivity contribution in [3.05, 3.63) is 78.1 Å². The summed E-state index contributed by atoms with van der Waals surface area (Å²) in [5.74, 6) is -1.60. The second-order valence-electron chi connectivity index (χ2n) is 9.50. The second-order valence-corrected chi connectivity index (χ2v) is 9.50. The molecule has 1 aromatic heterocycles. The largest absolute Gasteiger partial charge is 0.517 e. The molecule has 0 aliphatic carbocycles. The van der Waals surface area contributed by atoms with Crippen molar-refractivity contribution >= 4 is 33.5 Å². The zero-order valence-corrected chi connectivity index (χ0v) is 20.8. The number of hydrogen-bond acceptors (Lipinski definition) is 5. The van der Waals surface area contributed by atoms with Crippen LogP contribution in [0.15, 0.2) is 71.1 Å². The summed E-state index contributed by atoms with van der Waals surface area (Å²) >= 11 is 0. The Hall–Kier alpha value is -3.85. The van der Waals surface area contributed by atoms with Crippen LogP contribution in [-0.2, 0) is 4.74 Å². The van der Waals surface area contributed by atoms with Gasteiger partial charge in [0.25, 0.3) is 5.90 Å². The molecule has 3 aromatic carbocycles. The molecule has 0 unspecified atom stereocenters. The molecule has 198 valence electrons. The van der Waals surface area contributed by atoms with Crippen LogP contribution in [0.1, 0.15) is 36.5 Å². The number of alkyl halides is 3. The highest BCUT2D eigenvalue weighted by Gasteiger charge is 2.44. The van der Waals surface area contributed by atoms with E-state index in [2.05, 4.69) is 52.1 Å². The molecule has 2 heterocycles. The van der Waals surface area contributed by atoms with E-state index in [1.54, 1.807) is 18.2 Å². The van der Waals surface area contributed by atoms with E-state index < -0.39 is 18.0 Å². The molecule has 6 nitrogen and oxygen atoms in total. The Morgan fingerprint density at radius 2 is 1.76 bits per heavy atom. The van der Waals surface area contributed by atoms with Crippen molar-refractivity contribution in [3.8, 4) is 5.75 Å². The van der Waals surface area contributed by atoms with E-state index >= 15 is 0 Å². The zero-order valence-electron chi connectivity index (χ0n) is 20.8. The Morgan fingerprint density at radius 1 is 1.00 bits per heavy atom. The maximum Gasteiger partial charge on any atom is 0.517 e. The van der Waals surface area contributed by atoms with E-state index in [9.17, 15) is 13.2 Å². The van der Waals surface area contributed by atoms with Crippen LogP contribution in [0, 0.1) is 5.41 Å². The van der Waals surface area contributed by atoms with Crippen LogP contribution >= 0.6 is 0 Å². The fraction of sp³-hybridized carbons (Fsp3) is 0.310. The van der Waals surface area contributed by atoms with E-state index in [-0.39, 0.29) is 5.76 Å². The molecule has 9 heteroatoms. The molecule has 1 fully saturated rings. The molecule has 0 radical (unpaired) electrons. The third kappa shape index (κ3) is 5.83. The number of hydrogen-bond donors (Lipinski definition) is 2. The van der Waals surface area contributed by atoms with Crippen LogP contribution < -0.4 is 10.1 Å². The number of fused-ring (bicyclic) bond motifs is 2. The molecule has 0 atom stereocenters. The summed E-state index contributed by atoms with van der Waals surface area (Å²) in [7, 11) is 0. The lowest BCUT2D eigenvalue weighted by Crippen LogP contribution is -2.51. The smallest absolute Gasteiger partial charge is 0.493 e. The Balaban J connectivity index is 1.11. The standard InChI is InChI=1S/C29H28F3N3O3/c30-29(31,32)28(34)38-27(33)26-18-23-24(7-3-8-25(23)37-26)36-16-4-13-35-14-11-20(12-15-35)22-10-9-19-5-1-2-6-21(19)17-22/h1-3,5-10,17-18,20,33-34H,4,11-16H2/p+1. The molecule has 0 amide bonds. The Bertz CT molecular complexity index is 1460. The molecular weight excluding hydrogens is 495 g/mol. The molecule has 38 heavy (non-hydrogen) atoms. The predicted octanol–water partition coefficient (Wildman–Crippen LogP) is 5.30. The number of nitrogens with two attached hydrogens (primary N) is 1. The lowest BCUT2D eigenvalue weighted by atomic mass is 9.88. The topological polar surface area (TPSA) is 84.3 Å². The minimum atomic E-state index is -4.86. The lowest BCUT2D eigenvalue weighted by Gasteiger charge is -2.32. The van der Waals surface area contributed by atoms with E-state index in [0.29, 0.717) is 29.2 Å². The number of furan rings is 1. The van der Waals surface area contributed by atoms with Gasteiger partial charge in [0.05, 0.1) is 12.0 Å². The molecule has 0 saturated carbocycles. The minimum Gasteiger partial charge on any atom is -0.493 e. The van der Waals surface area contributed by atoms with Crippen LogP contribution in [0.3, 0.4) is 0 Å². The first-order valence-corrected chi connectivity index (χ1v) is 12.6. The monoisotopic (exact) mass is 524 g/mol. The van der Waals surface area contributed by atoms with Crippen molar-refractivity contribution in [2.45, 2.75) is 31.4 Å². The third-order valence-electron chi connectivity index (χ3n) is 6.95. The summed E-state index contributed by atoms with van der Waals surface area (Å²) < 4.78 is 53.7. The molecular formula is C29H29F3N3O3+. The van der Waals surface area contributed by atoms with Crippen molar-refractivity contribution in [1.82, 2.24) is 4.90 Å². The average Bonchev–Trinajstić information content (AvgIpc) is 3.36. The van der Waals surface area contributed by atoms with Gasteiger partial charge in [-0.2, -0.15) is 13.2 Å². The number of nitrogens with zero attached hydrogens (tertiary/aromatic N) is 1. The summed E-state index contributed by atoms with van der Waals surface area (Å²) in [6.07, 6.45) is -1.78. The highest BCUT2D eigenvalue weighted by atomic mass is 19.4. The van der Waals surface area contributed by atoms with Gasteiger partial charge in [0.1, 0.15) is 11.3 Å². The Kier molecular flexibility index (Phi) is 7.37. The SMILES string of the molecule is N=C(OC(=[NH2+])C(F)(F)F)c1cc2c(OCCCN3CCC(c4ccc5ccccc5c4)CC3)cccc2o1. The van der Waals surface area contributed by atoms with Crippen LogP contribution in [0.2, 0.25) is 0 Å². The third-order valence-corrected chi connectivity index (χ3v) is 6.95. The van der Waals surface area contributed by atoms with Crippen LogP contribution in [0.25, 0.3) is 21.7 Å². The van der Waals surface area contributed by atoms with Crippen molar-refractivity contribution < 1.29 is 32.5 Å². The van der Waals surface area contributed by atoms with Crippen LogP contribution in [0.4, 0.5) is 13.2 Å².